The molecule has 1 aromatic heterocycles. The molecule has 4 rings (SSSR count). The topological polar surface area (TPSA) is 53.4 Å². The molecule has 5 nitrogen and oxygen atoms in total. The van der Waals surface area contributed by atoms with Crippen LogP contribution in [0.15, 0.2) is 27.7 Å². The van der Waals surface area contributed by atoms with Crippen LogP contribution in [0.3, 0.4) is 0 Å². The molecule has 2 aliphatic rings. The maximum absolute atomic E-state index is 14.5. The SMILES string of the molecule is Cc1nc(N[C@H](C)c2cccc(C(F)(F)F)c2F)c2c(n1)N1CCN=C1C(Br)=C2. The first-order chi connectivity index (χ1) is 13.7. The van der Waals surface area contributed by atoms with Crippen molar-refractivity contribution in [3.05, 3.63) is 51.0 Å². The molecular weight excluding hydrogens is 454 g/mol. The number of aryl methyl sites for hydroxylation is 1. The van der Waals surface area contributed by atoms with E-state index in [4.69, 9.17) is 0 Å². The van der Waals surface area contributed by atoms with Crippen LogP contribution in [-0.2, 0) is 6.18 Å². The summed E-state index contributed by atoms with van der Waals surface area (Å²) in [6, 6.07) is 2.51. The third kappa shape index (κ3) is 3.50. The third-order valence-corrected chi connectivity index (χ3v) is 5.36. The summed E-state index contributed by atoms with van der Waals surface area (Å²) in [6.45, 7) is 4.61. The summed E-state index contributed by atoms with van der Waals surface area (Å²) in [5, 5.41) is 3.06. The van der Waals surface area contributed by atoms with E-state index in [1.807, 2.05) is 11.0 Å². The lowest BCUT2D eigenvalue weighted by atomic mass is 10.0. The monoisotopic (exact) mass is 469 g/mol. The van der Waals surface area contributed by atoms with E-state index in [0.717, 1.165) is 16.4 Å². The zero-order chi connectivity index (χ0) is 20.9. The van der Waals surface area contributed by atoms with Gasteiger partial charge in [0.05, 0.1) is 28.2 Å². The van der Waals surface area contributed by atoms with Gasteiger partial charge in [-0.25, -0.2) is 14.4 Å². The number of hydrogen-bond donors (Lipinski definition) is 1. The number of halogens is 5. The molecular formula is C19H16BrF4N5. The van der Waals surface area contributed by atoms with Crippen LogP contribution in [-0.4, -0.2) is 28.9 Å². The zero-order valence-corrected chi connectivity index (χ0v) is 17.1. The molecule has 2 aromatic rings. The molecule has 10 heteroatoms. The van der Waals surface area contributed by atoms with Crippen LogP contribution in [0, 0.1) is 12.7 Å². The number of nitrogens with zero attached hydrogens (tertiary/aromatic N) is 4. The number of benzene rings is 1. The van der Waals surface area contributed by atoms with Crippen LogP contribution in [0.4, 0.5) is 29.2 Å². The Morgan fingerprint density at radius 3 is 2.72 bits per heavy atom. The summed E-state index contributed by atoms with van der Waals surface area (Å²) < 4.78 is 54.5. The predicted octanol–water partition coefficient (Wildman–Crippen LogP) is 5.08. The molecule has 1 N–H and O–H groups in total. The van der Waals surface area contributed by atoms with Crippen LogP contribution in [0.5, 0.6) is 0 Å². The van der Waals surface area contributed by atoms with Crippen molar-refractivity contribution in [1.82, 2.24) is 9.97 Å². The summed E-state index contributed by atoms with van der Waals surface area (Å²) in [6.07, 6.45) is -2.95. The molecule has 152 valence electrons. The van der Waals surface area contributed by atoms with Gasteiger partial charge in [-0.05, 0) is 41.9 Å². The largest absolute Gasteiger partial charge is 0.419 e. The Morgan fingerprint density at radius 1 is 1.24 bits per heavy atom. The van der Waals surface area contributed by atoms with E-state index in [0.29, 0.717) is 36.1 Å². The van der Waals surface area contributed by atoms with Gasteiger partial charge in [-0.15, -0.1) is 0 Å². The van der Waals surface area contributed by atoms with Crippen LogP contribution in [0.2, 0.25) is 0 Å². The predicted molar refractivity (Wildman–Crippen MR) is 107 cm³/mol. The number of anilines is 2. The molecule has 0 saturated heterocycles. The Balaban J connectivity index is 1.73. The highest BCUT2D eigenvalue weighted by molar-refractivity contribution is 9.12. The molecule has 0 bridgehead atoms. The van der Waals surface area contributed by atoms with Gasteiger partial charge in [0.25, 0.3) is 0 Å². The Hall–Kier alpha value is -2.49. The number of aromatic nitrogens is 2. The second kappa shape index (κ2) is 7.08. The second-order valence-electron chi connectivity index (χ2n) is 6.78. The van der Waals surface area contributed by atoms with Crippen LogP contribution in [0.1, 0.15) is 35.5 Å². The van der Waals surface area contributed by atoms with Gasteiger partial charge in [0.1, 0.15) is 29.1 Å². The lowest BCUT2D eigenvalue weighted by molar-refractivity contribution is -0.140. The van der Waals surface area contributed by atoms with Crippen molar-refractivity contribution in [3.8, 4) is 0 Å². The maximum atomic E-state index is 14.5. The smallest absolute Gasteiger partial charge is 0.363 e. The number of amidine groups is 1. The molecule has 0 saturated carbocycles. The number of rotatable bonds is 3. The molecule has 0 amide bonds. The van der Waals surface area contributed by atoms with E-state index in [9.17, 15) is 17.6 Å². The quantitative estimate of drug-likeness (QED) is 0.636. The number of aliphatic imine (C=N–C) groups is 1. The van der Waals surface area contributed by atoms with Gasteiger partial charge in [-0.2, -0.15) is 13.2 Å². The fourth-order valence-corrected chi connectivity index (χ4v) is 4.02. The maximum Gasteiger partial charge on any atom is 0.419 e. The van der Waals surface area contributed by atoms with E-state index < -0.39 is 23.6 Å². The second-order valence-corrected chi connectivity index (χ2v) is 7.63. The summed E-state index contributed by atoms with van der Waals surface area (Å²) in [4.78, 5) is 15.3. The van der Waals surface area contributed by atoms with Gasteiger partial charge in [-0.1, -0.05) is 12.1 Å². The van der Waals surface area contributed by atoms with Crippen LogP contribution < -0.4 is 10.2 Å². The van der Waals surface area contributed by atoms with Crippen molar-refractivity contribution in [2.45, 2.75) is 26.1 Å². The van der Waals surface area contributed by atoms with Crippen LogP contribution >= 0.6 is 15.9 Å². The summed E-state index contributed by atoms with van der Waals surface area (Å²) in [7, 11) is 0. The Kier molecular flexibility index (Phi) is 4.84. The van der Waals surface area contributed by atoms with Crippen molar-refractivity contribution in [1.29, 1.82) is 0 Å². The molecule has 29 heavy (non-hydrogen) atoms. The van der Waals surface area contributed by atoms with E-state index in [1.165, 1.54) is 12.1 Å². The fourth-order valence-electron chi connectivity index (χ4n) is 3.45. The molecule has 2 aliphatic heterocycles. The fraction of sp³-hybridized carbons (Fsp3) is 0.316. The van der Waals surface area contributed by atoms with Gasteiger partial charge in [0, 0.05) is 12.1 Å². The number of alkyl halides is 3. The van der Waals surface area contributed by atoms with Crippen LogP contribution in [0.25, 0.3) is 6.08 Å². The summed E-state index contributed by atoms with van der Waals surface area (Å²) >= 11 is 3.49. The van der Waals surface area contributed by atoms with E-state index in [1.54, 1.807) is 13.8 Å². The van der Waals surface area contributed by atoms with Gasteiger partial charge in [0.2, 0.25) is 0 Å². The first-order valence-corrected chi connectivity index (χ1v) is 9.66. The van der Waals surface area contributed by atoms with Gasteiger partial charge >= 0.3 is 6.18 Å². The first kappa shape index (κ1) is 19.8. The molecule has 1 aromatic carbocycles. The standard InChI is InChI=1S/C19H16BrF4N5/c1-9(11-4-3-5-13(15(11)21)19(22,23)24)26-16-12-8-14(20)18-25-6-7-29(18)17(12)28-10(2)27-16/h3-5,8-9H,6-7H2,1-2H3,(H,26,27,28)/t9-/m1/s1. The van der Waals surface area contributed by atoms with Crippen molar-refractivity contribution >= 4 is 39.5 Å². The summed E-state index contributed by atoms with van der Waals surface area (Å²) in [5.41, 5.74) is -0.709. The van der Waals surface area contributed by atoms with Gasteiger partial charge < -0.3 is 10.2 Å². The van der Waals surface area contributed by atoms with Crippen molar-refractivity contribution in [2.24, 2.45) is 4.99 Å². The molecule has 1 atom stereocenters. The van der Waals surface area contributed by atoms with Gasteiger partial charge in [0.15, 0.2) is 0 Å². The minimum atomic E-state index is -4.76. The Labute approximate surface area is 172 Å². The number of nitrogens with one attached hydrogen (secondary N) is 1. The molecule has 0 radical (unpaired) electrons. The van der Waals surface area contributed by atoms with E-state index in [2.05, 4.69) is 36.2 Å². The van der Waals surface area contributed by atoms with E-state index >= 15 is 0 Å². The van der Waals surface area contributed by atoms with Crippen molar-refractivity contribution in [3.63, 3.8) is 0 Å². The minimum absolute atomic E-state index is 0.0906. The average Bonchev–Trinajstić information content (AvgIpc) is 3.12. The highest BCUT2D eigenvalue weighted by Crippen LogP contribution is 2.38. The number of hydrogen-bond acceptors (Lipinski definition) is 5. The Morgan fingerprint density at radius 2 is 2.00 bits per heavy atom. The normalized spacial score (nSPS) is 16.7. The van der Waals surface area contributed by atoms with Crippen molar-refractivity contribution < 1.29 is 17.6 Å². The molecule has 3 heterocycles. The lowest BCUT2D eigenvalue weighted by Crippen LogP contribution is -2.32. The highest BCUT2D eigenvalue weighted by atomic mass is 79.9. The first-order valence-electron chi connectivity index (χ1n) is 8.87. The minimum Gasteiger partial charge on any atom is -0.363 e. The van der Waals surface area contributed by atoms with E-state index in [-0.39, 0.29) is 5.56 Å². The molecule has 0 spiro atoms. The lowest BCUT2D eigenvalue weighted by Gasteiger charge is -2.28. The van der Waals surface area contributed by atoms with Crippen molar-refractivity contribution in [2.75, 3.05) is 23.3 Å². The Bertz CT molecular complexity index is 1050. The van der Waals surface area contributed by atoms with Gasteiger partial charge in [-0.3, -0.25) is 4.99 Å². The zero-order valence-electron chi connectivity index (χ0n) is 15.5. The summed E-state index contributed by atoms with van der Waals surface area (Å²) in [5.74, 6) is 1.06. The molecule has 0 unspecified atom stereocenters. The molecule has 0 aliphatic carbocycles. The third-order valence-electron chi connectivity index (χ3n) is 4.77. The molecule has 0 fully saturated rings. The average molecular weight is 470 g/mol. The number of fused-ring (bicyclic) bond motifs is 3. The highest BCUT2D eigenvalue weighted by Gasteiger charge is 2.36.